The van der Waals surface area contributed by atoms with E-state index in [-0.39, 0.29) is 24.1 Å². The molecule has 1 aliphatic heterocycles. The highest BCUT2D eigenvalue weighted by molar-refractivity contribution is 6.21. The number of fused-ring (bicyclic) bond motifs is 2. The van der Waals surface area contributed by atoms with E-state index >= 15 is 0 Å². The number of nitrogens with one attached hydrogen (secondary N) is 2. The number of rotatable bonds is 6. The maximum absolute atomic E-state index is 12.8. The molecule has 7 nitrogen and oxygen atoms in total. The summed E-state index contributed by atoms with van der Waals surface area (Å²) in [5.74, 6) is -0.0835. The average molecular weight is 453 g/mol. The van der Waals surface area contributed by atoms with Gasteiger partial charge in [0.25, 0.3) is 11.8 Å². The van der Waals surface area contributed by atoms with Crippen LogP contribution in [0.15, 0.2) is 66.7 Å². The van der Waals surface area contributed by atoms with Crippen molar-refractivity contribution in [3.63, 3.8) is 0 Å². The molecule has 0 atom stereocenters. The number of aromatic amines is 1. The summed E-state index contributed by atoms with van der Waals surface area (Å²) in [7, 11) is 3.08. The molecule has 1 aromatic heterocycles. The Morgan fingerprint density at radius 2 is 1.71 bits per heavy atom. The molecule has 3 aromatic carbocycles. The van der Waals surface area contributed by atoms with Gasteiger partial charge in [-0.15, -0.1) is 0 Å². The van der Waals surface area contributed by atoms with Crippen molar-refractivity contribution in [3.05, 3.63) is 83.4 Å². The fourth-order valence-electron chi connectivity index (χ4n) is 4.36. The van der Waals surface area contributed by atoms with E-state index < -0.39 is 0 Å². The highest BCUT2D eigenvalue weighted by Gasteiger charge is 2.32. The first-order valence-electron chi connectivity index (χ1n) is 11.0. The van der Waals surface area contributed by atoms with E-state index in [0.717, 1.165) is 38.4 Å². The molecule has 170 valence electrons. The molecule has 0 unspecified atom stereocenters. The zero-order chi connectivity index (χ0) is 23.8. The maximum Gasteiger partial charge on any atom is 0.261 e. The second-order valence-corrected chi connectivity index (χ2v) is 8.23. The molecule has 3 amide bonds. The van der Waals surface area contributed by atoms with Gasteiger partial charge in [0.1, 0.15) is 5.75 Å². The average Bonchev–Trinajstić information content (AvgIpc) is 3.33. The van der Waals surface area contributed by atoms with Crippen LogP contribution in [0.2, 0.25) is 0 Å². The van der Waals surface area contributed by atoms with Crippen LogP contribution in [0.5, 0.6) is 5.75 Å². The zero-order valence-electron chi connectivity index (χ0n) is 18.8. The Morgan fingerprint density at radius 3 is 2.47 bits per heavy atom. The number of H-pyrrole nitrogens is 1. The number of anilines is 1. The number of hydrogen-bond donors (Lipinski definition) is 2. The van der Waals surface area contributed by atoms with E-state index in [9.17, 15) is 14.4 Å². The minimum absolute atomic E-state index is 0.170. The van der Waals surface area contributed by atoms with Crippen LogP contribution >= 0.6 is 0 Å². The highest BCUT2D eigenvalue weighted by Crippen LogP contribution is 2.32. The summed E-state index contributed by atoms with van der Waals surface area (Å²) in [6, 6.07) is 20.6. The number of amides is 3. The lowest BCUT2D eigenvalue weighted by Gasteiger charge is -2.08. The number of nitrogens with zero attached hydrogens (tertiary/aromatic N) is 1. The molecule has 1 aliphatic rings. The molecular formula is C27H23N3O4. The van der Waals surface area contributed by atoms with E-state index in [0.29, 0.717) is 23.2 Å². The molecule has 0 bridgehead atoms. The highest BCUT2D eigenvalue weighted by atomic mass is 16.5. The largest absolute Gasteiger partial charge is 0.497 e. The van der Waals surface area contributed by atoms with Gasteiger partial charge in [0.2, 0.25) is 5.91 Å². The molecule has 2 heterocycles. The number of aromatic nitrogens is 1. The summed E-state index contributed by atoms with van der Waals surface area (Å²) >= 11 is 0. The van der Waals surface area contributed by atoms with Gasteiger partial charge in [0, 0.05) is 35.8 Å². The molecule has 7 heteroatoms. The zero-order valence-corrected chi connectivity index (χ0v) is 18.8. The van der Waals surface area contributed by atoms with Gasteiger partial charge in [-0.1, -0.05) is 18.2 Å². The Hall–Kier alpha value is -4.39. The number of imide groups is 1. The van der Waals surface area contributed by atoms with E-state index in [1.807, 2.05) is 48.5 Å². The molecule has 0 aliphatic carbocycles. The lowest BCUT2D eigenvalue weighted by molar-refractivity contribution is -0.116. The molecule has 5 rings (SSSR count). The smallest absolute Gasteiger partial charge is 0.261 e. The van der Waals surface area contributed by atoms with Crippen molar-refractivity contribution in [2.45, 2.75) is 12.8 Å². The minimum Gasteiger partial charge on any atom is -0.497 e. The number of hydrogen-bond acceptors (Lipinski definition) is 4. The summed E-state index contributed by atoms with van der Waals surface area (Å²) in [5.41, 5.74) is 5.22. The van der Waals surface area contributed by atoms with Gasteiger partial charge in [-0.25, -0.2) is 0 Å². The van der Waals surface area contributed by atoms with Crippen LogP contribution < -0.4 is 10.1 Å². The Labute approximate surface area is 196 Å². The molecule has 0 saturated carbocycles. The quantitative estimate of drug-likeness (QED) is 0.416. The van der Waals surface area contributed by atoms with E-state index in [1.165, 1.54) is 7.05 Å². The number of ether oxygens (including phenoxy) is 1. The molecule has 34 heavy (non-hydrogen) atoms. The van der Waals surface area contributed by atoms with Gasteiger partial charge in [0.15, 0.2) is 0 Å². The van der Waals surface area contributed by atoms with Crippen LogP contribution in [-0.4, -0.2) is 41.8 Å². The van der Waals surface area contributed by atoms with Crippen molar-refractivity contribution >= 4 is 34.3 Å². The van der Waals surface area contributed by atoms with E-state index in [2.05, 4.69) is 10.3 Å². The second-order valence-electron chi connectivity index (χ2n) is 8.23. The summed E-state index contributed by atoms with van der Waals surface area (Å²) in [6.45, 7) is 0. The Morgan fingerprint density at radius 1 is 0.971 bits per heavy atom. The molecular weight excluding hydrogens is 430 g/mol. The van der Waals surface area contributed by atoms with Gasteiger partial charge in [0.05, 0.1) is 18.2 Å². The number of carbonyl (C=O) groups is 3. The molecule has 0 spiro atoms. The molecule has 0 radical (unpaired) electrons. The predicted molar refractivity (Wildman–Crippen MR) is 130 cm³/mol. The van der Waals surface area contributed by atoms with Crippen molar-refractivity contribution in [1.82, 2.24) is 9.88 Å². The third-order valence-corrected chi connectivity index (χ3v) is 6.17. The normalized spacial score (nSPS) is 12.8. The third kappa shape index (κ3) is 3.71. The summed E-state index contributed by atoms with van der Waals surface area (Å²) in [4.78, 5) is 41.7. The fraction of sp³-hybridized carbons (Fsp3) is 0.148. The Balaban J connectivity index is 1.37. The lowest BCUT2D eigenvalue weighted by atomic mass is 10.0. The van der Waals surface area contributed by atoms with Crippen LogP contribution in [0.3, 0.4) is 0 Å². The predicted octanol–water partition coefficient (Wildman–Crippen LogP) is 4.64. The summed E-state index contributed by atoms with van der Waals surface area (Å²) in [5, 5.41) is 3.93. The SMILES string of the molecule is COc1ccc(-c2[nH]c3ccccc3c2CCC(=O)Nc2ccc3c(c2)C(=O)N(C)C3=O)cc1. The van der Waals surface area contributed by atoms with E-state index in [1.54, 1.807) is 25.3 Å². The van der Waals surface area contributed by atoms with Gasteiger partial charge in [-0.2, -0.15) is 0 Å². The van der Waals surface area contributed by atoms with Crippen molar-refractivity contribution < 1.29 is 19.1 Å². The van der Waals surface area contributed by atoms with Crippen LogP contribution in [0.25, 0.3) is 22.2 Å². The third-order valence-electron chi connectivity index (χ3n) is 6.17. The Kier molecular flexibility index (Phi) is 5.37. The number of benzene rings is 3. The van der Waals surface area contributed by atoms with Crippen molar-refractivity contribution in [3.8, 4) is 17.0 Å². The fourth-order valence-corrected chi connectivity index (χ4v) is 4.36. The number of para-hydroxylation sites is 1. The monoisotopic (exact) mass is 453 g/mol. The van der Waals surface area contributed by atoms with Gasteiger partial charge < -0.3 is 15.0 Å². The van der Waals surface area contributed by atoms with Crippen molar-refractivity contribution in [2.75, 3.05) is 19.5 Å². The molecule has 4 aromatic rings. The van der Waals surface area contributed by atoms with Crippen molar-refractivity contribution in [1.29, 1.82) is 0 Å². The summed E-state index contributed by atoms with van der Waals surface area (Å²) < 4.78 is 5.27. The lowest BCUT2D eigenvalue weighted by Crippen LogP contribution is -2.24. The minimum atomic E-state index is -0.362. The molecule has 2 N–H and O–H groups in total. The van der Waals surface area contributed by atoms with E-state index in [4.69, 9.17) is 4.74 Å². The van der Waals surface area contributed by atoms with Crippen LogP contribution in [-0.2, 0) is 11.2 Å². The first kappa shape index (κ1) is 21.5. The molecule has 0 fully saturated rings. The standard InChI is InChI=1S/C27H23N3O4/c1-30-26(32)21-12-9-17(15-22(21)27(30)33)28-24(31)14-13-20-19-5-3-4-6-23(19)29-25(20)16-7-10-18(34-2)11-8-16/h3-12,15,29H,13-14H2,1-2H3,(H,28,31). The second kappa shape index (κ2) is 8.51. The maximum atomic E-state index is 12.8. The van der Waals surface area contributed by atoms with Gasteiger partial charge in [-0.05, 0) is 66.1 Å². The topological polar surface area (TPSA) is 91.5 Å². The first-order chi connectivity index (χ1) is 16.5. The number of methoxy groups -OCH3 is 1. The van der Waals surface area contributed by atoms with Crippen LogP contribution in [0, 0.1) is 0 Å². The van der Waals surface area contributed by atoms with Gasteiger partial charge >= 0.3 is 0 Å². The van der Waals surface area contributed by atoms with Crippen LogP contribution in [0.4, 0.5) is 5.69 Å². The number of carbonyl (C=O) groups excluding carboxylic acids is 3. The first-order valence-corrected chi connectivity index (χ1v) is 11.0. The van der Waals surface area contributed by atoms with Gasteiger partial charge in [-0.3, -0.25) is 19.3 Å². The van der Waals surface area contributed by atoms with Crippen LogP contribution in [0.1, 0.15) is 32.7 Å². The Bertz CT molecular complexity index is 1440. The summed E-state index contributed by atoms with van der Waals surface area (Å²) in [6.07, 6.45) is 0.789. The number of aryl methyl sites for hydroxylation is 1. The van der Waals surface area contributed by atoms with Crippen molar-refractivity contribution in [2.24, 2.45) is 0 Å². The molecule has 0 saturated heterocycles.